The second kappa shape index (κ2) is 5.65. The number of aryl methyl sites for hydroxylation is 2. The lowest BCUT2D eigenvalue weighted by Crippen LogP contribution is -2.40. The molecule has 90 valence electrons. The largest absolute Gasteiger partial charge is 0.361 e. The van der Waals surface area contributed by atoms with E-state index in [-0.39, 0.29) is 11.9 Å². The van der Waals surface area contributed by atoms with Gasteiger partial charge in [0.05, 0.1) is 5.69 Å². The minimum absolute atomic E-state index is 0.0196. The topological polar surface area (TPSA) is 81.1 Å². The average molecular weight is 225 g/mol. The Morgan fingerprint density at radius 2 is 2.25 bits per heavy atom. The van der Waals surface area contributed by atoms with Gasteiger partial charge in [-0.15, -0.1) is 0 Å². The fourth-order valence-electron chi connectivity index (χ4n) is 1.66. The zero-order valence-electron chi connectivity index (χ0n) is 10.0. The van der Waals surface area contributed by atoms with Gasteiger partial charge in [-0.3, -0.25) is 4.79 Å². The maximum atomic E-state index is 11.9. The number of carbonyl (C=O) groups excluding carboxylic acids is 1. The summed E-state index contributed by atoms with van der Waals surface area (Å²) in [7, 11) is 0. The molecule has 0 radical (unpaired) electrons. The van der Waals surface area contributed by atoms with Crippen LogP contribution in [0.1, 0.15) is 41.6 Å². The Balaban J connectivity index is 2.71. The lowest BCUT2D eigenvalue weighted by molar-refractivity contribution is 0.0934. The van der Waals surface area contributed by atoms with Crippen LogP contribution in [0.15, 0.2) is 4.52 Å². The third-order valence-corrected chi connectivity index (χ3v) is 2.52. The van der Waals surface area contributed by atoms with Gasteiger partial charge in [-0.1, -0.05) is 18.5 Å². The number of amides is 1. The van der Waals surface area contributed by atoms with Gasteiger partial charge in [0, 0.05) is 12.6 Å². The first-order valence-corrected chi connectivity index (χ1v) is 5.53. The molecule has 1 aromatic rings. The first kappa shape index (κ1) is 12.7. The van der Waals surface area contributed by atoms with Crippen molar-refractivity contribution >= 4 is 5.91 Å². The van der Waals surface area contributed by atoms with E-state index in [4.69, 9.17) is 10.3 Å². The minimum atomic E-state index is -0.153. The highest BCUT2D eigenvalue weighted by Crippen LogP contribution is 2.12. The van der Waals surface area contributed by atoms with Crippen LogP contribution in [0, 0.1) is 13.8 Å². The fraction of sp³-hybridized carbons (Fsp3) is 0.636. The van der Waals surface area contributed by atoms with Crippen LogP contribution in [0.3, 0.4) is 0 Å². The number of hydrogen-bond acceptors (Lipinski definition) is 4. The summed E-state index contributed by atoms with van der Waals surface area (Å²) >= 11 is 0. The van der Waals surface area contributed by atoms with Crippen LogP contribution >= 0.6 is 0 Å². The molecule has 3 N–H and O–H groups in total. The van der Waals surface area contributed by atoms with Gasteiger partial charge < -0.3 is 15.6 Å². The normalized spacial score (nSPS) is 12.5. The van der Waals surface area contributed by atoms with Crippen LogP contribution in [-0.2, 0) is 0 Å². The number of nitrogens with one attached hydrogen (secondary N) is 1. The third kappa shape index (κ3) is 2.82. The first-order chi connectivity index (χ1) is 7.60. The highest BCUT2D eigenvalue weighted by molar-refractivity contribution is 5.96. The van der Waals surface area contributed by atoms with Crippen molar-refractivity contribution in [3.05, 3.63) is 17.0 Å². The van der Waals surface area contributed by atoms with Gasteiger partial charge >= 0.3 is 0 Å². The summed E-state index contributed by atoms with van der Waals surface area (Å²) < 4.78 is 4.95. The van der Waals surface area contributed by atoms with Crippen molar-refractivity contribution in [1.82, 2.24) is 10.5 Å². The minimum Gasteiger partial charge on any atom is -0.361 e. The van der Waals surface area contributed by atoms with E-state index in [9.17, 15) is 4.79 Å². The Kier molecular flexibility index (Phi) is 4.49. The number of rotatable bonds is 5. The van der Waals surface area contributed by atoms with Crippen molar-refractivity contribution in [2.75, 3.05) is 6.54 Å². The molecule has 1 aromatic heterocycles. The van der Waals surface area contributed by atoms with Gasteiger partial charge in [0.15, 0.2) is 0 Å². The van der Waals surface area contributed by atoms with Crippen molar-refractivity contribution in [3.63, 3.8) is 0 Å². The Morgan fingerprint density at radius 1 is 1.56 bits per heavy atom. The predicted molar refractivity (Wildman–Crippen MR) is 61.2 cm³/mol. The molecule has 0 bridgehead atoms. The highest BCUT2D eigenvalue weighted by atomic mass is 16.5. The van der Waals surface area contributed by atoms with Gasteiger partial charge in [-0.25, -0.2) is 0 Å². The van der Waals surface area contributed by atoms with Crippen LogP contribution < -0.4 is 11.1 Å². The molecule has 16 heavy (non-hydrogen) atoms. The quantitative estimate of drug-likeness (QED) is 0.787. The molecule has 0 aliphatic rings. The molecule has 5 heteroatoms. The molecular formula is C11H19N3O2. The first-order valence-electron chi connectivity index (χ1n) is 5.53. The maximum Gasteiger partial charge on any atom is 0.257 e. The Morgan fingerprint density at radius 3 is 2.69 bits per heavy atom. The molecular weight excluding hydrogens is 206 g/mol. The van der Waals surface area contributed by atoms with Gasteiger partial charge in [0.2, 0.25) is 0 Å². The van der Waals surface area contributed by atoms with Crippen LogP contribution in [0.25, 0.3) is 0 Å². The number of aromatic nitrogens is 1. The fourth-order valence-corrected chi connectivity index (χ4v) is 1.66. The molecule has 1 atom stereocenters. The molecule has 1 heterocycles. The number of hydrogen-bond donors (Lipinski definition) is 2. The van der Waals surface area contributed by atoms with E-state index in [0.29, 0.717) is 23.6 Å². The Hall–Kier alpha value is -1.36. The average Bonchev–Trinajstić information content (AvgIpc) is 2.57. The Labute approximate surface area is 95.4 Å². The smallest absolute Gasteiger partial charge is 0.257 e. The molecule has 0 saturated heterocycles. The van der Waals surface area contributed by atoms with E-state index in [1.165, 1.54) is 0 Å². The molecule has 0 spiro atoms. The Bertz CT molecular complexity index is 341. The SMILES string of the molecule is CCCC(CN)NC(=O)c1c(C)noc1C. The summed E-state index contributed by atoms with van der Waals surface area (Å²) in [6, 6.07) is 0.0196. The van der Waals surface area contributed by atoms with Crippen molar-refractivity contribution in [2.24, 2.45) is 5.73 Å². The molecule has 0 aromatic carbocycles. The molecule has 5 nitrogen and oxygen atoms in total. The lowest BCUT2D eigenvalue weighted by Gasteiger charge is -2.15. The van der Waals surface area contributed by atoms with Crippen LogP contribution in [0.2, 0.25) is 0 Å². The van der Waals surface area contributed by atoms with E-state index < -0.39 is 0 Å². The summed E-state index contributed by atoms with van der Waals surface area (Å²) in [5.74, 6) is 0.391. The van der Waals surface area contributed by atoms with Gasteiger partial charge in [-0.2, -0.15) is 0 Å². The highest BCUT2D eigenvalue weighted by Gasteiger charge is 2.19. The predicted octanol–water partition coefficient (Wildman–Crippen LogP) is 1.15. The molecule has 1 unspecified atom stereocenters. The molecule has 1 rings (SSSR count). The van der Waals surface area contributed by atoms with Crippen molar-refractivity contribution < 1.29 is 9.32 Å². The number of nitrogens with zero attached hydrogens (tertiary/aromatic N) is 1. The molecule has 0 aliphatic carbocycles. The van der Waals surface area contributed by atoms with E-state index in [1.807, 2.05) is 0 Å². The van der Waals surface area contributed by atoms with E-state index in [0.717, 1.165) is 12.8 Å². The summed E-state index contributed by atoms with van der Waals surface area (Å²) in [5.41, 5.74) is 6.72. The zero-order valence-corrected chi connectivity index (χ0v) is 10.0. The van der Waals surface area contributed by atoms with E-state index in [2.05, 4.69) is 17.4 Å². The van der Waals surface area contributed by atoms with Gasteiger partial charge in [-0.05, 0) is 20.3 Å². The monoisotopic (exact) mass is 225 g/mol. The molecule has 0 aliphatic heterocycles. The zero-order chi connectivity index (χ0) is 12.1. The second-order valence-electron chi connectivity index (χ2n) is 3.89. The summed E-state index contributed by atoms with van der Waals surface area (Å²) in [6.07, 6.45) is 1.87. The second-order valence-corrected chi connectivity index (χ2v) is 3.89. The number of nitrogens with two attached hydrogens (primary N) is 1. The van der Waals surface area contributed by atoms with Gasteiger partial charge in [0.1, 0.15) is 11.3 Å². The van der Waals surface area contributed by atoms with Crippen molar-refractivity contribution in [3.8, 4) is 0 Å². The van der Waals surface area contributed by atoms with E-state index >= 15 is 0 Å². The molecule has 0 saturated carbocycles. The van der Waals surface area contributed by atoms with Crippen LogP contribution in [-0.4, -0.2) is 23.7 Å². The summed E-state index contributed by atoms with van der Waals surface area (Å²) in [6.45, 7) is 5.99. The van der Waals surface area contributed by atoms with E-state index in [1.54, 1.807) is 13.8 Å². The third-order valence-electron chi connectivity index (χ3n) is 2.52. The summed E-state index contributed by atoms with van der Waals surface area (Å²) in [4.78, 5) is 11.9. The lowest BCUT2D eigenvalue weighted by atomic mass is 10.1. The van der Waals surface area contributed by atoms with Crippen LogP contribution in [0.5, 0.6) is 0 Å². The van der Waals surface area contributed by atoms with Gasteiger partial charge in [0.25, 0.3) is 5.91 Å². The van der Waals surface area contributed by atoms with Crippen molar-refractivity contribution in [2.45, 2.75) is 39.7 Å². The molecule has 1 amide bonds. The maximum absolute atomic E-state index is 11.9. The van der Waals surface area contributed by atoms with Crippen LogP contribution in [0.4, 0.5) is 0 Å². The molecule has 0 fully saturated rings. The van der Waals surface area contributed by atoms with Crippen molar-refractivity contribution in [1.29, 1.82) is 0 Å². The number of carbonyl (C=O) groups is 1. The summed E-state index contributed by atoms with van der Waals surface area (Å²) in [5, 5.41) is 6.64. The standard InChI is InChI=1S/C11H19N3O2/c1-4-5-9(6-12)13-11(15)10-7(2)14-16-8(10)3/h9H,4-6,12H2,1-3H3,(H,13,15).